The molecule has 0 atom stereocenters. The molecule has 2 N–H and O–H groups in total. The quantitative estimate of drug-likeness (QED) is 0.616. The number of benzene rings is 1. The zero-order valence-electron chi connectivity index (χ0n) is 8.49. The summed E-state index contributed by atoms with van der Waals surface area (Å²) in [5.74, 6) is -5.37. The Morgan fingerprint density at radius 3 is 1.88 bits per heavy atom. The molecule has 1 aromatic rings. The lowest BCUT2D eigenvalue weighted by atomic mass is 9.64. The Morgan fingerprint density at radius 1 is 1.06 bits per heavy atom. The van der Waals surface area contributed by atoms with Crippen LogP contribution in [0.5, 0.6) is 0 Å². The number of hydrogen-bond acceptors (Lipinski definition) is 1. The Balaban J connectivity index is 2.63. The molecule has 1 aliphatic carbocycles. The van der Waals surface area contributed by atoms with Gasteiger partial charge in [-0.05, 0) is 12.8 Å². The molecule has 2 rings (SSSR count). The molecule has 0 spiro atoms. The fourth-order valence-electron chi connectivity index (χ4n) is 2.20. The van der Waals surface area contributed by atoms with Crippen molar-refractivity contribution in [2.45, 2.75) is 24.7 Å². The fraction of sp³-hybridized carbons (Fsp3) is 0.455. The highest BCUT2D eigenvalue weighted by atomic mass is 19.2. The summed E-state index contributed by atoms with van der Waals surface area (Å²) >= 11 is 0. The lowest BCUT2D eigenvalue weighted by molar-refractivity contribution is 0.229. The Bertz CT molecular complexity index is 395. The molecular formula is C11H11F4N. The summed E-state index contributed by atoms with van der Waals surface area (Å²) in [5, 5.41) is 0. The average molecular weight is 233 g/mol. The molecule has 1 aromatic carbocycles. The number of nitrogens with two attached hydrogens (primary N) is 1. The molecule has 0 radical (unpaired) electrons. The van der Waals surface area contributed by atoms with E-state index in [2.05, 4.69) is 0 Å². The van der Waals surface area contributed by atoms with Gasteiger partial charge in [0.1, 0.15) is 0 Å². The maximum atomic E-state index is 13.5. The molecule has 0 bridgehead atoms. The highest BCUT2D eigenvalue weighted by Crippen LogP contribution is 2.45. The van der Waals surface area contributed by atoms with Gasteiger partial charge >= 0.3 is 0 Å². The predicted molar refractivity (Wildman–Crippen MR) is 50.9 cm³/mol. The van der Waals surface area contributed by atoms with Gasteiger partial charge in [0.25, 0.3) is 0 Å². The first-order valence-electron chi connectivity index (χ1n) is 5.05. The summed E-state index contributed by atoms with van der Waals surface area (Å²) in [6.07, 6.45) is 1.68. The van der Waals surface area contributed by atoms with Crippen molar-refractivity contribution in [3.63, 3.8) is 0 Å². The van der Waals surface area contributed by atoms with E-state index in [0.717, 1.165) is 6.42 Å². The lowest BCUT2D eigenvalue weighted by Gasteiger charge is -2.41. The molecular weight excluding hydrogens is 222 g/mol. The van der Waals surface area contributed by atoms with Crippen molar-refractivity contribution in [1.82, 2.24) is 0 Å². The molecule has 88 valence electrons. The van der Waals surface area contributed by atoms with Crippen molar-refractivity contribution >= 4 is 0 Å². The van der Waals surface area contributed by atoms with Gasteiger partial charge in [0.05, 0.1) is 0 Å². The Morgan fingerprint density at radius 2 is 1.56 bits per heavy atom. The largest absolute Gasteiger partial charge is 0.330 e. The van der Waals surface area contributed by atoms with Gasteiger partial charge in [0.2, 0.25) is 0 Å². The van der Waals surface area contributed by atoms with Crippen molar-refractivity contribution in [3.8, 4) is 0 Å². The van der Waals surface area contributed by atoms with Gasteiger partial charge in [-0.2, -0.15) is 0 Å². The topological polar surface area (TPSA) is 26.0 Å². The summed E-state index contributed by atoms with van der Waals surface area (Å²) in [5.41, 5.74) is 4.00. The van der Waals surface area contributed by atoms with Gasteiger partial charge in [-0.3, -0.25) is 0 Å². The van der Waals surface area contributed by atoms with Crippen molar-refractivity contribution in [2.24, 2.45) is 5.73 Å². The van der Waals surface area contributed by atoms with E-state index in [1.54, 1.807) is 0 Å². The molecule has 1 nitrogen and oxygen atoms in total. The van der Waals surface area contributed by atoms with Crippen LogP contribution in [0.4, 0.5) is 17.6 Å². The van der Waals surface area contributed by atoms with E-state index in [1.807, 2.05) is 0 Å². The zero-order valence-corrected chi connectivity index (χ0v) is 8.49. The third-order valence-corrected chi connectivity index (χ3v) is 3.34. The maximum Gasteiger partial charge on any atom is 0.165 e. The second kappa shape index (κ2) is 3.73. The van der Waals surface area contributed by atoms with Gasteiger partial charge in [0, 0.05) is 23.6 Å². The Labute approximate surface area is 90.3 Å². The van der Waals surface area contributed by atoms with Gasteiger partial charge < -0.3 is 5.73 Å². The average Bonchev–Trinajstić information content (AvgIpc) is 2.19. The molecule has 5 heteroatoms. The van der Waals surface area contributed by atoms with Gasteiger partial charge in [-0.1, -0.05) is 6.42 Å². The van der Waals surface area contributed by atoms with Crippen molar-refractivity contribution in [1.29, 1.82) is 0 Å². The van der Waals surface area contributed by atoms with E-state index >= 15 is 0 Å². The minimum atomic E-state index is -1.37. The third kappa shape index (κ3) is 1.42. The molecule has 1 saturated carbocycles. The van der Waals surface area contributed by atoms with Crippen LogP contribution in [0.2, 0.25) is 0 Å². The summed E-state index contributed by atoms with van der Waals surface area (Å²) < 4.78 is 53.1. The van der Waals surface area contributed by atoms with Gasteiger partial charge in [-0.15, -0.1) is 0 Å². The summed E-state index contributed by atoms with van der Waals surface area (Å²) in [6.45, 7) is -0.0102. The van der Waals surface area contributed by atoms with Crippen LogP contribution >= 0.6 is 0 Å². The molecule has 1 fully saturated rings. The first-order valence-corrected chi connectivity index (χ1v) is 5.05. The molecule has 0 saturated heterocycles. The third-order valence-electron chi connectivity index (χ3n) is 3.34. The van der Waals surface area contributed by atoms with Crippen LogP contribution in [-0.4, -0.2) is 6.54 Å². The highest BCUT2D eigenvalue weighted by molar-refractivity contribution is 5.33. The lowest BCUT2D eigenvalue weighted by Crippen LogP contribution is -2.43. The molecule has 1 aliphatic rings. The number of hydrogen-bond donors (Lipinski definition) is 1. The van der Waals surface area contributed by atoms with E-state index in [0.29, 0.717) is 12.8 Å². The molecule has 0 aliphatic heterocycles. The second-order valence-electron chi connectivity index (χ2n) is 4.18. The van der Waals surface area contributed by atoms with Crippen molar-refractivity contribution in [3.05, 3.63) is 34.9 Å². The molecule has 0 amide bonds. The molecule has 0 aromatic heterocycles. The van der Waals surface area contributed by atoms with E-state index in [9.17, 15) is 17.6 Å². The minimum absolute atomic E-state index is 0.0102. The van der Waals surface area contributed by atoms with Crippen LogP contribution in [0.1, 0.15) is 24.8 Å². The van der Waals surface area contributed by atoms with Crippen LogP contribution in [0.3, 0.4) is 0 Å². The summed E-state index contributed by atoms with van der Waals surface area (Å²) in [4.78, 5) is 0. The predicted octanol–water partition coefficient (Wildman–Crippen LogP) is 2.62. The molecule has 16 heavy (non-hydrogen) atoms. The zero-order chi connectivity index (χ0) is 11.9. The normalized spacial score (nSPS) is 18.3. The van der Waals surface area contributed by atoms with Crippen LogP contribution in [0.25, 0.3) is 0 Å². The van der Waals surface area contributed by atoms with Gasteiger partial charge in [-0.25, -0.2) is 17.6 Å². The van der Waals surface area contributed by atoms with Crippen LogP contribution in [-0.2, 0) is 5.41 Å². The minimum Gasteiger partial charge on any atom is -0.330 e. The van der Waals surface area contributed by atoms with Crippen LogP contribution < -0.4 is 5.73 Å². The Kier molecular flexibility index (Phi) is 2.66. The van der Waals surface area contributed by atoms with E-state index < -0.39 is 34.2 Å². The fourth-order valence-corrected chi connectivity index (χ4v) is 2.20. The summed E-state index contributed by atoms with van der Waals surface area (Å²) in [6, 6.07) is 0.219. The Hall–Kier alpha value is -1.10. The first-order chi connectivity index (χ1) is 7.52. The van der Waals surface area contributed by atoms with Crippen LogP contribution in [0.15, 0.2) is 6.07 Å². The van der Waals surface area contributed by atoms with E-state index in [-0.39, 0.29) is 12.6 Å². The summed E-state index contributed by atoms with van der Waals surface area (Å²) in [7, 11) is 0. The van der Waals surface area contributed by atoms with Crippen molar-refractivity contribution in [2.75, 3.05) is 6.54 Å². The first kappa shape index (κ1) is 11.4. The van der Waals surface area contributed by atoms with E-state index in [1.165, 1.54) is 0 Å². The highest BCUT2D eigenvalue weighted by Gasteiger charge is 2.43. The number of halogens is 4. The standard InChI is InChI=1S/C11H11F4N/c12-6-4-7(13)10(15)8(9(6)14)11(5-16)2-1-3-11/h4H,1-3,5,16H2. The second-order valence-corrected chi connectivity index (χ2v) is 4.18. The number of rotatable bonds is 2. The maximum absolute atomic E-state index is 13.5. The molecule has 0 unspecified atom stereocenters. The SMILES string of the molecule is NCC1(c2c(F)c(F)cc(F)c2F)CCC1. The molecule has 0 heterocycles. The van der Waals surface area contributed by atoms with Gasteiger partial charge in [0.15, 0.2) is 23.3 Å². The van der Waals surface area contributed by atoms with E-state index in [4.69, 9.17) is 5.73 Å². The van der Waals surface area contributed by atoms with Crippen LogP contribution in [0, 0.1) is 23.3 Å². The monoisotopic (exact) mass is 233 g/mol. The smallest absolute Gasteiger partial charge is 0.165 e. The van der Waals surface area contributed by atoms with Crippen molar-refractivity contribution < 1.29 is 17.6 Å².